The molecule has 0 spiro atoms. The van der Waals surface area contributed by atoms with Crippen LogP contribution in [0.3, 0.4) is 0 Å². The second kappa shape index (κ2) is 13.1. The van der Waals surface area contributed by atoms with Crippen molar-refractivity contribution in [3.63, 3.8) is 0 Å². The number of hydrogen-bond acceptors (Lipinski definition) is 4. The highest BCUT2D eigenvalue weighted by atomic mass is 16.3. The van der Waals surface area contributed by atoms with E-state index in [-0.39, 0.29) is 10.8 Å². The molecule has 0 unspecified atom stereocenters. The van der Waals surface area contributed by atoms with Crippen LogP contribution in [0.4, 0.5) is 0 Å². The number of fused-ring (bicyclic) bond motifs is 24. The van der Waals surface area contributed by atoms with E-state index in [2.05, 4.69) is 198 Å². The second-order valence-electron chi connectivity index (χ2n) is 21.4. The van der Waals surface area contributed by atoms with Crippen LogP contribution < -0.4 is 0 Å². The molecular weight excluding hydrogens is 881 g/mol. The summed E-state index contributed by atoms with van der Waals surface area (Å²) in [6.45, 7) is 9.57. The van der Waals surface area contributed by atoms with Gasteiger partial charge in [0, 0.05) is 65.0 Å². The summed E-state index contributed by atoms with van der Waals surface area (Å²) < 4.78 is 27.7. The number of benzene rings is 11. The molecule has 2 aliphatic carbocycles. The Kier molecular flexibility index (Phi) is 7.08. The highest BCUT2D eigenvalue weighted by Gasteiger charge is 2.45. The van der Waals surface area contributed by atoms with Crippen LogP contribution in [0.1, 0.15) is 49.9 Å². The predicted molar refractivity (Wildman–Crippen MR) is 297 cm³/mol. The van der Waals surface area contributed by atoms with Gasteiger partial charge >= 0.3 is 0 Å². The van der Waals surface area contributed by atoms with Crippen molar-refractivity contribution < 1.29 is 17.7 Å². The summed E-state index contributed by atoms with van der Waals surface area (Å²) in [4.78, 5) is 0. The van der Waals surface area contributed by atoms with Crippen molar-refractivity contribution in [1.82, 2.24) is 0 Å². The van der Waals surface area contributed by atoms with Crippen molar-refractivity contribution in [3.8, 4) is 44.5 Å². The fraction of sp³-hybridized carbons (Fsp3) is 0.0882. The molecule has 2 aliphatic rings. The normalized spacial score (nSPS) is 14.6. The zero-order valence-electron chi connectivity index (χ0n) is 40.0. The fourth-order valence-corrected chi connectivity index (χ4v) is 13.7. The third-order valence-electron chi connectivity index (χ3n) is 17.0. The third-order valence-corrected chi connectivity index (χ3v) is 17.0. The molecule has 338 valence electrons. The van der Waals surface area contributed by atoms with Crippen molar-refractivity contribution in [2.45, 2.75) is 38.5 Å². The van der Waals surface area contributed by atoms with Gasteiger partial charge in [-0.15, -0.1) is 0 Å². The van der Waals surface area contributed by atoms with Gasteiger partial charge in [-0.25, -0.2) is 0 Å². The zero-order valence-corrected chi connectivity index (χ0v) is 40.0. The highest BCUT2D eigenvalue weighted by Crippen LogP contribution is 2.62. The molecule has 15 aromatic rings. The van der Waals surface area contributed by atoms with E-state index in [0.29, 0.717) is 0 Å². The molecule has 11 aromatic carbocycles. The fourth-order valence-electron chi connectivity index (χ4n) is 13.7. The molecule has 0 saturated carbocycles. The number of furan rings is 4. The topological polar surface area (TPSA) is 52.6 Å². The van der Waals surface area contributed by atoms with Gasteiger partial charge in [0.25, 0.3) is 0 Å². The Labute approximate surface area is 412 Å². The Morgan fingerprint density at radius 2 is 0.556 bits per heavy atom. The highest BCUT2D eigenvalue weighted by molar-refractivity contribution is 6.28. The number of rotatable bonds is 2. The molecule has 0 atom stereocenters. The maximum Gasteiger partial charge on any atom is 0.144 e. The Morgan fingerprint density at radius 1 is 0.250 bits per heavy atom. The van der Waals surface area contributed by atoms with Gasteiger partial charge in [-0.05, 0) is 138 Å². The second-order valence-corrected chi connectivity index (χ2v) is 21.4. The molecule has 4 heterocycles. The SMILES string of the molecule is CC1(C)c2cc3c(cc2-c2c1cc(-c1cc4oc5ccccc5c4c4ccccc14)c1c2oc2ccccc21)C(C)(C)c1cc(-c2cc4oc5ccccc5c4c4ccccc24)c2c(oc4ccccc42)c1-3. The lowest BCUT2D eigenvalue weighted by molar-refractivity contribution is 0.648. The maximum absolute atomic E-state index is 7.18. The third kappa shape index (κ3) is 4.69. The van der Waals surface area contributed by atoms with E-state index in [1.165, 1.54) is 66.1 Å². The van der Waals surface area contributed by atoms with Crippen LogP contribution >= 0.6 is 0 Å². The molecule has 0 radical (unpaired) electrons. The first-order valence-electron chi connectivity index (χ1n) is 25.1. The van der Waals surface area contributed by atoms with Gasteiger partial charge < -0.3 is 17.7 Å². The van der Waals surface area contributed by atoms with E-state index in [0.717, 1.165) is 110 Å². The van der Waals surface area contributed by atoms with E-state index in [4.69, 9.17) is 17.7 Å². The molecule has 0 saturated heterocycles. The largest absolute Gasteiger partial charge is 0.456 e. The maximum atomic E-state index is 7.18. The molecular formula is C68H42O4. The van der Waals surface area contributed by atoms with Crippen LogP contribution in [0, 0.1) is 0 Å². The lowest BCUT2D eigenvalue weighted by Crippen LogP contribution is -2.17. The first-order chi connectivity index (χ1) is 35.2. The van der Waals surface area contributed by atoms with Crippen molar-refractivity contribution in [3.05, 3.63) is 204 Å². The van der Waals surface area contributed by atoms with E-state index < -0.39 is 0 Å². The first-order valence-corrected chi connectivity index (χ1v) is 25.1. The van der Waals surface area contributed by atoms with Gasteiger partial charge in [0.15, 0.2) is 0 Å². The average molecular weight is 923 g/mol. The summed E-state index contributed by atoms with van der Waals surface area (Å²) in [5, 5.41) is 13.8. The molecule has 4 nitrogen and oxygen atoms in total. The minimum atomic E-state index is -0.387. The number of hydrogen-bond donors (Lipinski definition) is 0. The van der Waals surface area contributed by atoms with Crippen LogP contribution in [-0.2, 0) is 10.8 Å². The van der Waals surface area contributed by atoms with Crippen LogP contribution in [0.2, 0.25) is 0 Å². The molecule has 4 heteroatoms. The van der Waals surface area contributed by atoms with Crippen LogP contribution in [0.15, 0.2) is 200 Å². The summed E-state index contributed by atoms with van der Waals surface area (Å²) >= 11 is 0. The first kappa shape index (κ1) is 38.9. The van der Waals surface area contributed by atoms with Gasteiger partial charge in [0.05, 0.1) is 0 Å². The molecule has 0 N–H and O–H groups in total. The lowest BCUT2D eigenvalue weighted by Gasteiger charge is -2.24. The summed E-state index contributed by atoms with van der Waals surface area (Å²) in [7, 11) is 0. The molecule has 0 amide bonds. The molecule has 0 fully saturated rings. The Bertz CT molecular complexity index is 4670. The Balaban J connectivity index is 0.936. The molecule has 0 aliphatic heterocycles. The quantitative estimate of drug-likeness (QED) is 0.173. The van der Waals surface area contributed by atoms with Crippen molar-refractivity contribution in [1.29, 1.82) is 0 Å². The predicted octanol–water partition coefficient (Wildman–Crippen LogP) is 19.5. The summed E-state index contributed by atoms with van der Waals surface area (Å²) in [6, 6.07) is 66.0. The minimum Gasteiger partial charge on any atom is -0.456 e. The van der Waals surface area contributed by atoms with Crippen molar-refractivity contribution >= 4 is 109 Å². The standard InChI is InChI=1S/C68H42O4/c1-67(2)49-31-48-50(32-47(49)63-51(67)29-45(61-41-23-11-15-27-55(41)71-65(61)63)43-33-57-59(37-19-7-5-17-35(37)43)39-21-9-13-25-53(39)69-57)68(3,4)52-30-46(62-42-24-12-16-28-56(42)72-66(62)64(48)52)44-34-58-60(38-20-8-6-18-36(38)44)40-22-10-14-26-54(40)70-58/h5-34H,1-4H3. The summed E-state index contributed by atoms with van der Waals surface area (Å²) in [6.07, 6.45) is 0. The number of para-hydroxylation sites is 4. The van der Waals surface area contributed by atoms with Crippen LogP contribution in [0.5, 0.6) is 0 Å². The van der Waals surface area contributed by atoms with Crippen LogP contribution in [-0.4, -0.2) is 0 Å². The van der Waals surface area contributed by atoms with Crippen molar-refractivity contribution in [2.24, 2.45) is 0 Å². The zero-order chi connectivity index (χ0) is 47.5. The van der Waals surface area contributed by atoms with E-state index >= 15 is 0 Å². The van der Waals surface area contributed by atoms with Gasteiger partial charge in [0.2, 0.25) is 0 Å². The van der Waals surface area contributed by atoms with E-state index in [1.54, 1.807) is 0 Å². The average Bonchev–Trinajstić information content (AvgIpc) is 4.25. The van der Waals surface area contributed by atoms with Crippen molar-refractivity contribution in [2.75, 3.05) is 0 Å². The Morgan fingerprint density at radius 3 is 0.944 bits per heavy atom. The Hall–Kier alpha value is -8.86. The summed E-state index contributed by atoms with van der Waals surface area (Å²) in [5.41, 5.74) is 20.8. The lowest BCUT2D eigenvalue weighted by atomic mass is 9.78. The van der Waals surface area contributed by atoms with Gasteiger partial charge in [-0.1, -0.05) is 149 Å². The van der Waals surface area contributed by atoms with E-state index in [1.807, 2.05) is 12.1 Å². The summed E-state index contributed by atoms with van der Waals surface area (Å²) in [5.74, 6) is 0. The monoisotopic (exact) mass is 922 g/mol. The molecule has 17 rings (SSSR count). The minimum absolute atomic E-state index is 0.387. The van der Waals surface area contributed by atoms with Gasteiger partial charge in [-0.3, -0.25) is 0 Å². The van der Waals surface area contributed by atoms with Crippen LogP contribution in [0.25, 0.3) is 154 Å². The molecule has 0 bridgehead atoms. The molecule has 4 aromatic heterocycles. The van der Waals surface area contributed by atoms with Gasteiger partial charge in [0.1, 0.15) is 44.7 Å². The van der Waals surface area contributed by atoms with Gasteiger partial charge in [-0.2, -0.15) is 0 Å². The molecule has 72 heavy (non-hydrogen) atoms. The van der Waals surface area contributed by atoms with E-state index in [9.17, 15) is 0 Å². The smallest absolute Gasteiger partial charge is 0.144 e.